The lowest BCUT2D eigenvalue weighted by Gasteiger charge is -2.17. The molecule has 0 spiro atoms. The Morgan fingerprint density at radius 1 is 1.20 bits per heavy atom. The predicted octanol–water partition coefficient (Wildman–Crippen LogP) is 2.67. The van der Waals surface area contributed by atoms with Crippen molar-refractivity contribution in [3.05, 3.63) is 24.0 Å². The molecule has 0 saturated carbocycles. The Morgan fingerprint density at radius 2 is 2.04 bits per heavy atom. The van der Waals surface area contributed by atoms with Crippen LogP contribution in [0.5, 0.6) is 5.75 Å². The van der Waals surface area contributed by atoms with Gasteiger partial charge < -0.3 is 25.8 Å². The maximum Gasteiger partial charge on any atom is 0.233 e. The second kappa shape index (κ2) is 7.93. The second-order valence-electron chi connectivity index (χ2n) is 5.67. The first-order valence-electron chi connectivity index (χ1n) is 8.14. The number of ether oxygens (including phenoxy) is 2. The molecule has 2 aromatic rings. The lowest BCUT2D eigenvalue weighted by Crippen LogP contribution is -2.24. The average Bonchev–Trinajstić information content (AvgIpc) is 2.83. The highest BCUT2D eigenvalue weighted by Crippen LogP contribution is 2.23. The number of nitrogens with zero attached hydrogens (tertiary/aromatic N) is 3. The highest BCUT2D eigenvalue weighted by molar-refractivity contribution is 5.56. The molecule has 0 radical (unpaired) electrons. The molecule has 1 aromatic carbocycles. The van der Waals surface area contributed by atoms with Crippen molar-refractivity contribution in [3.63, 3.8) is 0 Å². The van der Waals surface area contributed by atoms with Crippen LogP contribution in [0.25, 0.3) is 0 Å². The molecule has 4 N–H and O–H groups in total. The molecule has 1 unspecified atom stereocenters. The van der Waals surface area contributed by atoms with Crippen molar-refractivity contribution >= 4 is 23.5 Å². The molecule has 3 rings (SSSR count). The van der Waals surface area contributed by atoms with Gasteiger partial charge >= 0.3 is 0 Å². The van der Waals surface area contributed by atoms with Crippen molar-refractivity contribution < 1.29 is 13.9 Å². The summed E-state index contributed by atoms with van der Waals surface area (Å²) in [6.45, 7) is 0.703. The fourth-order valence-electron chi connectivity index (χ4n) is 2.56. The largest absolute Gasteiger partial charge is 0.494 e. The first kappa shape index (κ1) is 17.2. The first-order chi connectivity index (χ1) is 12.1. The number of anilines is 4. The van der Waals surface area contributed by atoms with Gasteiger partial charge in [-0.3, -0.25) is 0 Å². The highest BCUT2D eigenvalue weighted by atomic mass is 19.1. The van der Waals surface area contributed by atoms with Crippen LogP contribution < -0.4 is 21.1 Å². The SMILES string of the molecule is COc1ccc(Nc2nc(N)nc(NC3CCCCCO3)n2)cc1F. The molecule has 1 fully saturated rings. The van der Waals surface area contributed by atoms with Crippen molar-refractivity contribution in [1.29, 1.82) is 0 Å². The first-order valence-corrected chi connectivity index (χ1v) is 8.14. The van der Waals surface area contributed by atoms with Gasteiger partial charge in [-0.05, 0) is 31.4 Å². The van der Waals surface area contributed by atoms with Crippen molar-refractivity contribution in [1.82, 2.24) is 15.0 Å². The molecule has 1 aliphatic rings. The Balaban J connectivity index is 1.73. The lowest BCUT2D eigenvalue weighted by atomic mass is 10.2. The Bertz CT molecular complexity index is 722. The minimum absolute atomic E-state index is 0.0580. The molecule has 1 aliphatic heterocycles. The molecule has 134 valence electrons. The third-order valence-corrected chi connectivity index (χ3v) is 3.78. The Hall–Kier alpha value is -2.68. The third-order valence-electron chi connectivity index (χ3n) is 3.78. The van der Waals surface area contributed by atoms with E-state index >= 15 is 0 Å². The van der Waals surface area contributed by atoms with Crippen LogP contribution in [-0.2, 0) is 4.74 Å². The van der Waals surface area contributed by atoms with Crippen molar-refractivity contribution in [2.24, 2.45) is 0 Å². The van der Waals surface area contributed by atoms with Crippen LogP contribution in [0.1, 0.15) is 25.7 Å². The minimum Gasteiger partial charge on any atom is -0.494 e. The summed E-state index contributed by atoms with van der Waals surface area (Å²) in [5.74, 6) is 0.264. The van der Waals surface area contributed by atoms with E-state index in [0.29, 0.717) is 18.2 Å². The van der Waals surface area contributed by atoms with E-state index in [0.717, 1.165) is 25.7 Å². The molecule has 1 aromatic heterocycles. The summed E-state index contributed by atoms with van der Waals surface area (Å²) in [4.78, 5) is 12.4. The maximum absolute atomic E-state index is 13.8. The van der Waals surface area contributed by atoms with Crippen molar-refractivity contribution in [2.75, 3.05) is 30.1 Å². The Morgan fingerprint density at radius 3 is 2.84 bits per heavy atom. The molecule has 1 saturated heterocycles. The van der Waals surface area contributed by atoms with Gasteiger partial charge in [0.05, 0.1) is 7.11 Å². The van der Waals surface area contributed by atoms with Crippen LogP contribution in [0.3, 0.4) is 0 Å². The zero-order valence-electron chi connectivity index (χ0n) is 14.0. The van der Waals surface area contributed by atoms with Gasteiger partial charge in [-0.1, -0.05) is 6.42 Å². The molecule has 0 aliphatic carbocycles. The number of rotatable bonds is 5. The fraction of sp³-hybridized carbons (Fsp3) is 0.438. The van der Waals surface area contributed by atoms with E-state index in [1.165, 1.54) is 19.2 Å². The summed E-state index contributed by atoms with van der Waals surface area (Å²) >= 11 is 0. The minimum atomic E-state index is -0.486. The summed E-state index contributed by atoms with van der Waals surface area (Å²) < 4.78 is 24.4. The number of hydrogen-bond acceptors (Lipinski definition) is 8. The lowest BCUT2D eigenvalue weighted by molar-refractivity contribution is 0.0778. The Labute approximate surface area is 145 Å². The molecular weight excluding hydrogens is 327 g/mol. The van der Waals surface area contributed by atoms with E-state index in [9.17, 15) is 4.39 Å². The number of nitrogens with one attached hydrogen (secondary N) is 2. The van der Waals surface area contributed by atoms with Crippen LogP contribution in [0.15, 0.2) is 18.2 Å². The average molecular weight is 348 g/mol. The van der Waals surface area contributed by atoms with E-state index in [4.69, 9.17) is 15.2 Å². The number of nitrogen functional groups attached to an aromatic ring is 1. The quantitative estimate of drug-likeness (QED) is 0.757. The summed E-state index contributed by atoms with van der Waals surface area (Å²) in [6.07, 6.45) is 3.99. The van der Waals surface area contributed by atoms with E-state index in [2.05, 4.69) is 25.6 Å². The summed E-state index contributed by atoms with van der Waals surface area (Å²) in [5, 5.41) is 6.03. The normalized spacial score (nSPS) is 17.6. The summed E-state index contributed by atoms with van der Waals surface area (Å²) in [6, 6.07) is 4.46. The van der Waals surface area contributed by atoms with E-state index < -0.39 is 5.82 Å². The molecule has 0 amide bonds. The smallest absolute Gasteiger partial charge is 0.233 e. The van der Waals surface area contributed by atoms with Gasteiger partial charge in [0.2, 0.25) is 17.8 Å². The van der Waals surface area contributed by atoms with Crippen LogP contribution >= 0.6 is 0 Å². The van der Waals surface area contributed by atoms with Crippen LogP contribution in [0.2, 0.25) is 0 Å². The standard InChI is InChI=1S/C16H21FN6O2/c1-24-12-7-6-10(9-11(12)17)19-15-21-14(18)22-16(23-15)20-13-5-3-2-4-8-25-13/h6-7,9,13H,2-5,8H2,1H3,(H4,18,19,20,21,22,23). The van der Waals surface area contributed by atoms with E-state index in [1.54, 1.807) is 6.07 Å². The third kappa shape index (κ3) is 4.66. The van der Waals surface area contributed by atoms with Gasteiger partial charge in [-0.25, -0.2) is 4.39 Å². The van der Waals surface area contributed by atoms with Gasteiger partial charge in [-0.2, -0.15) is 15.0 Å². The molecule has 0 bridgehead atoms. The number of aromatic nitrogens is 3. The number of methoxy groups -OCH3 is 1. The molecule has 9 heteroatoms. The maximum atomic E-state index is 13.8. The number of nitrogens with two attached hydrogens (primary N) is 1. The highest BCUT2D eigenvalue weighted by Gasteiger charge is 2.15. The van der Waals surface area contributed by atoms with Gasteiger partial charge in [-0.15, -0.1) is 0 Å². The predicted molar refractivity (Wildman–Crippen MR) is 92.3 cm³/mol. The van der Waals surface area contributed by atoms with Crippen LogP contribution in [-0.4, -0.2) is 34.9 Å². The number of hydrogen-bond donors (Lipinski definition) is 3. The van der Waals surface area contributed by atoms with Crippen LogP contribution in [0, 0.1) is 5.82 Å². The second-order valence-corrected chi connectivity index (χ2v) is 5.67. The van der Waals surface area contributed by atoms with Gasteiger partial charge in [0.15, 0.2) is 11.6 Å². The van der Waals surface area contributed by atoms with E-state index in [1.807, 2.05) is 0 Å². The molecular formula is C16H21FN6O2. The van der Waals surface area contributed by atoms with Crippen LogP contribution in [0.4, 0.5) is 27.9 Å². The number of halogens is 1. The molecule has 2 heterocycles. The van der Waals surface area contributed by atoms with Crippen molar-refractivity contribution in [2.45, 2.75) is 31.9 Å². The fourth-order valence-corrected chi connectivity index (χ4v) is 2.56. The van der Waals surface area contributed by atoms with Gasteiger partial charge in [0.1, 0.15) is 6.23 Å². The zero-order valence-corrected chi connectivity index (χ0v) is 14.0. The van der Waals surface area contributed by atoms with Gasteiger partial charge in [0, 0.05) is 18.4 Å². The number of benzene rings is 1. The summed E-state index contributed by atoms with van der Waals surface area (Å²) in [7, 11) is 1.41. The van der Waals surface area contributed by atoms with Gasteiger partial charge in [0.25, 0.3) is 0 Å². The Kier molecular flexibility index (Phi) is 5.44. The van der Waals surface area contributed by atoms with E-state index in [-0.39, 0.29) is 23.9 Å². The monoisotopic (exact) mass is 348 g/mol. The van der Waals surface area contributed by atoms with Crippen molar-refractivity contribution in [3.8, 4) is 5.75 Å². The summed E-state index contributed by atoms with van der Waals surface area (Å²) in [5.41, 5.74) is 6.22. The zero-order chi connectivity index (χ0) is 17.6. The molecule has 8 nitrogen and oxygen atoms in total. The topological polar surface area (TPSA) is 107 Å². The molecule has 1 atom stereocenters. The molecule has 25 heavy (non-hydrogen) atoms.